The van der Waals surface area contributed by atoms with Crippen molar-refractivity contribution in [2.75, 3.05) is 0 Å². The van der Waals surface area contributed by atoms with Gasteiger partial charge in [0.05, 0.1) is 22.1 Å². The Morgan fingerprint density at radius 2 is 0.486 bits per heavy atom. The van der Waals surface area contributed by atoms with Crippen molar-refractivity contribution in [3.8, 4) is 89.3 Å². The van der Waals surface area contributed by atoms with Gasteiger partial charge in [0, 0.05) is 32.9 Å². The SMILES string of the molecule is c1ccc(-c2ccccc2-c2cccc(-c3cccc(-c4ccc(-c5cccc(-c6cccc(-n7c8ccccc8c8cc(-c9ccc%10c(c9)c9ccccc9n%10-c9ccccc9)ccc87)c6)c5)cc4)c3)c2)cc1. The molecule has 14 aromatic rings. The molecule has 0 unspecified atom stereocenters. The van der Waals surface area contributed by atoms with Gasteiger partial charge in [0.1, 0.15) is 0 Å². The van der Waals surface area contributed by atoms with Gasteiger partial charge < -0.3 is 9.13 Å². The zero-order chi connectivity index (χ0) is 49.0. The highest BCUT2D eigenvalue weighted by Crippen LogP contribution is 2.40. The first-order valence-electron chi connectivity index (χ1n) is 25.5. The van der Waals surface area contributed by atoms with Gasteiger partial charge in [-0.3, -0.25) is 0 Å². The molecular formula is C72H48N2. The molecule has 2 heteroatoms. The van der Waals surface area contributed by atoms with Crippen molar-refractivity contribution in [3.05, 3.63) is 291 Å². The lowest BCUT2D eigenvalue weighted by Gasteiger charge is -2.13. The van der Waals surface area contributed by atoms with Gasteiger partial charge in [-0.25, -0.2) is 0 Å². The fraction of sp³-hybridized carbons (Fsp3) is 0. The summed E-state index contributed by atoms with van der Waals surface area (Å²) in [6, 6.07) is 106. The van der Waals surface area contributed by atoms with E-state index in [0.717, 1.165) is 5.69 Å². The van der Waals surface area contributed by atoms with Crippen LogP contribution in [-0.4, -0.2) is 9.13 Å². The molecule has 0 aliphatic heterocycles. The van der Waals surface area contributed by atoms with Gasteiger partial charge in [0.25, 0.3) is 0 Å². The molecule has 0 saturated heterocycles. The fourth-order valence-corrected chi connectivity index (χ4v) is 11.3. The van der Waals surface area contributed by atoms with E-state index in [4.69, 9.17) is 0 Å². The number of para-hydroxylation sites is 3. The molecule has 0 atom stereocenters. The summed E-state index contributed by atoms with van der Waals surface area (Å²) in [7, 11) is 0. The molecule has 0 amide bonds. The van der Waals surface area contributed by atoms with E-state index in [1.165, 1.54) is 127 Å². The number of hydrogen-bond acceptors (Lipinski definition) is 0. The predicted molar refractivity (Wildman–Crippen MR) is 313 cm³/mol. The van der Waals surface area contributed by atoms with Gasteiger partial charge >= 0.3 is 0 Å². The molecular weight excluding hydrogens is 893 g/mol. The Kier molecular flexibility index (Phi) is 10.6. The molecule has 0 bridgehead atoms. The topological polar surface area (TPSA) is 9.86 Å². The monoisotopic (exact) mass is 940 g/mol. The van der Waals surface area contributed by atoms with Crippen LogP contribution in [0.1, 0.15) is 0 Å². The molecule has 2 heterocycles. The first-order chi connectivity index (χ1) is 36.7. The van der Waals surface area contributed by atoms with Crippen molar-refractivity contribution < 1.29 is 0 Å². The Labute approximate surface area is 431 Å². The summed E-state index contributed by atoms with van der Waals surface area (Å²) in [6.45, 7) is 0. The summed E-state index contributed by atoms with van der Waals surface area (Å²) >= 11 is 0. The third-order valence-electron chi connectivity index (χ3n) is 14.9. The van der Waals surface area contributed by atoms with Crippen molar-refractivity contribution in [2.24, 2.45) is 0 Å². The minimum Gasteiger partial charge on any atom is -0.309 e. The molecule has 0 spiro atoms. The van der Waals surface area contributed by atoms with Crippen LogP contribution in [0, 0.1) is 0 Å². The van der Waals surface area contributed by atoms with Gasteiger partial charge in [-0.2, -0.15) is 0 Å². The smallest absolute Gasteiger partial charge is 0.0541 e. The second kappa shape index (κ2) is 18.1. The maximum Gasteiger partial charge on any atom is 0.0541 e. The first kappa shape index (κ1) is 43.1. The maximum atomic E-state index is 2.42. The van der Waals surface area contributed by atoms with E-state index in [0.29, 0.717) is 0 Å². The molecule has 2 aromatic heterocycles. The average Bonchev–Trinajstić information content (AvgIpc) is 4.00. The fourth-order valence-electron chi connectivity index (χ4n) is 11.3. The summed E-state index contributed by atoms with van der Waals surface area (Å²) in [4.78, 5) is 0. The molecule has 0 radical (unpaired) electrons. The van der Waals surface area contributed by atoms with E-state index in [9.17, 15) is 0 Å². The second-order valence-corrected chi connectivity index (χ2v) is 19.3. The van der Waals surface area contributed by atoms with Gasteiger partial charge in [-0.15, -0.1) is 0 Å². The van der Waals surface area contributed by atoms with Crippen LogP contribution in [0.25, 0.3) is 133 Å². The average molecular weight is 941 g/mol. The highest BCUT2D eigenvalue weighted by molar-refractivity contribution is 6.13. The Morgan fingerprint density at radius 1 is 0.162 bits per heavy atom. The molecule has 346 valence electrons. The zero-order valence-electron chi connectivity index (χ0n) is 40.6. The summed E-state index contributed by atoms with van der Waals surface area (Å²) in [5.41, 5.74) is 23.9. The van der Waals surface area contributed by atoms with Crippen molar-refractivity contribution in [1.29, 1.82) is 0 Å². The molecule has 2 nitrogen and oxygen atoms in total. The van der Waals surface area contributed by atoms with E-state index in [-0.39, 0.29) is 0 Å². The van der Waals surface area contributed by atoms with Gasteiger partial charge in [-0.05, 0) is 157 Å². The van der Waals surface area contributed by atoms with E-state index >= 15 is 0 Å². The normalized spacial score (nSPS) is 11.5. The van der Waals surface area contributed by atoms with Crippen LogP contribution in [0.3, 0.4) is 0 Å². The Morgan fingerprint density at radius 3 is 1.03 bits per heavy atom. The predicted octanol–water partition coefficient (Wildman–Crippen LogP) is 19.5. The Balaban J connectivity index is 0.754. The summed E-state index contributed by atoms with van der Waals surface area (Å²) < 4.78 is 4.80. The minimum absolute atomic E-state index is 1.14. The molecule has 0 aliphatic rings. The lowest BCUT2D eigenvalue weighted by atomic mass is 9.92. The molecule has 0 N–H and O–H groups in total. The van der Waals surface area contributed by atoms with E-state index in [1.54, 1.807) is 0 Å². The highest BCUT2D eigenvalue weighted by atomic mass is 15.0. The van der Waals surface area contributed by atoms with E-state index in [1.807, 2.05) is 0 Å². The third-order valence-corrected chi connectivity index (χ3v) is 14.9. The number of aromatic nitrogens is 2. The van der Waals surface area contributed by atoms with Crippen LogP contribution >= 0.6 is 0 Å². The molecule has 0 saturated carbocycles. The molecule has 14 rings (SSSR count). The van der Waals surface area contributed by atoms with Crippen molar-refractivity contribution >= 4 is 43.6 Å². The maximum absolute atomic E-state index is 2.42. The summed E-state index contributed by atoms with van der Waals surface area (Å²) in [5, 5.41) is 4.99. The van der Waals surface area contributed by atoms with Gasteiger partial charge in [0.2, 0.25) is 0 Å². The number of hydrogen-bond donors (Lipinski definition) is 0. The van der Waals surface area contributed by atoms with Gasteiger partial charge in [0.15, 0.2) is 0 Å². The van der Waals surface area contributed by atoms with Crippen molar-refractivity contribution in [2.45, 2.75) is 0 Å². The number of benzene rings is 12. The van der Waals surface area contributed by atoms with Crippen LogP contribution in [0.2, 0.25) is 0 Å². The quantitative estimate of drug-likeness (QED) is 0.136. The highest BCUT2D eigenvalue weighted by Gasteiger charge is 2.17. The van der Waals surface area contributed by atoms with Crippen molar-refractivity contribution in [3.63, 3.8) is 0 Å². The molecule has 0 aliphatic carbocycles. The molecule has 74 heavy (non-hydrogen) atoms. The van der Waals surface area contributed by atoms with Crippen LogP contribution in [-0.2, 0) is 0 Å². The standard InChI is InChI=1S/C72H48N2/c1-3-17-51(18-4-1)63-29-7-8-30-64(63)60-25-15-23-56(45-60)54-21-13-19-52(43-54)49-35-37-50(38-36-49)53-20-14-22-55(44-53)57-24-16-28-62(46-57)74-70-34-12-10-32-66(70)68-48-59(40-42-72(68)74)58-39-41-71-67(47-58)65-31-9-11-33-69(65)73(71)61-26-5-2-6-27-61/h1-48H. The van der Waals surface area contributed by atoms with E-state index in [2.05, 4.69) is 300 Å². The Hall–Kier alpha value is -9.76. The van der Waals surface area contributed by atoms with Crippen LogP contribution in [0.15, 0.2) is 291 Å². The number of nitrogens with zero attached hydrogens (tertiary/aromatic N) is 2. The van der Waals surface area contributed by atoms with E-state index < -0.39 is 0 Å². The number of fused-ring (bicyclic) bond motifs is 6. The Bertz CT molecular complexity index is 4400. The largest absolute Gasteiger partial charge is 0.309 e. The summed E-state index contributed by atoms with van der Waals surface area (Å²) in [5.74, 6) is 0. The first-order valence-corrected chi connectivity index (χ1v) is 25.5. The minimum atomic E-state index is 1.14. The van der Waals surface area contributed by atoms with Crippen molar-refractivity contribution in [1.82, 2.24) is 9.13 Å². The van der Waals surface area contributed by atoms with Crippen LogP contribution < -0.4 is 0 Å². The molecule has 0 fully saturated rings. The zero-order valence-corrected chi connectivity index (χ0v) is 40.6. The van der Waals surface area contributed by atoms with Gasteiger partial charge in [-0.1, -0.05) is 212 Å². The molecule has 12 aromatic carbocycles. The second-order valence-electron chi connectivity index (χ2n) is 19.3. The number of rotatable bonds is 9. The van der Waals surface area contributed by atoms with Crippen LogP contribution in [0.5, 0.6) is 0 Å². The lowest BCUT2D eigenvalue weighted by molar-refractivity contribution is 1.18. The van der Waals surface area contributed by atoms with Crippen LogP contribution in [0.4, 0.5) is 0 Å². The third kappa shape index (κ3) is 7.60. The summed E-state index contributed by atoms with van der Waals surface area (Å²) in [6.07, 6.45) is 0. The lowest BCUT2D eigenvalue weighted by Crippen LogP contribution is -1.94.